The number of rotatable bonds is 5. The number of amides is 2. The van der Waals surface area contributed by atoms with Crippen LogP contribution in [0.15, 0.2) is 58.1 Å². The molecular weight excluding hydrogens is 586 g/mol. The third-order valence-electron chi connectivity index (χ3n) is 8.19. The lowest BCUT2D eigenvalue weighted by Gasteiger charge is -2.37. The fourth-order valence-electron chi connectivity index (χ4n) is 5.89. The summed E-state index contributed by atoms with van der Waals surface area (Å²) in [6, 6.07) is 9.33. The van der Waals surface area contributed by atoms with Crippen LogP contribution in [-0.2, 0) is 36.4 Å². The minimum absolute atomic E-state index is 0.156. The van der Waals surface area contributed by atoms with Crippen molar-refractivity contribution in [1.82, 2.24) is 23.6 Å². The number of aryl methyl sites for hydroxylation is 1. The highest BCUT2D eigenvalue weighted by Crippen LogP contribution is 2.38. The molecule has 11 nitrogen and oxygen atoms in total. The summed E-state index contributed by atoms with van der Waals surface area (Å²) in [7, 11) is 2.88. The lowest BCUT2D eigenvalue weighted by atomic mass is 10.1. The van der Waals surface area contributed by atoms with Gasteiger partial charge < -0.3 is 4.90 Å². The fourth-order valence-corrected chi connectivity index (χ4v) is 5.89. The molecule has 2 aliphatic rings. The van der Waals surface area contributed by atoms with E-state index in [1.54, 1.807) is 21.6 Å². The molecule has 2 aromatic heterocycles. The van der Waals surface area contributed by atoms with Crippen molar-refractivity contribution in [2.45, 2.75) is 25.2 Å². The summed E-state index contributed by atoms with van der Waals surface area (Å²) in [6.07, 6.45) is -5.00. The van der Waals surface area contributed by atoms with E-state index in [-0.39, 0.29) is 37.2 Å². The highest BCUT2D eigenvalue weighted by Gasteiger charge is 2.46. The number of para-hydroxylation sites is 1. The molecule has 2 fully saturated rings. The highest BCUT2D eigenvalue weighted by atomic mass is 19.4. The second kappa shape index (κ2) is 10.7. The number of aromatic nitrogens is 4. The maximum Gasteiger partial charge on any atom is 0.418 e. The fraction of sp³-hybridized carbons (Fsp3) is 0.345. The third-order valence-corrected chi connectivity index (χ3v) is 8.19. The first-order chi connectivity index (χ1) is 20.9. The zero-order chi connectivity index (χ0) is 31.5. The van der Waals surface area contributed by atoms with Crippen LogP contribution in [-0.4, -0.2) is 67.6 Å². The summed E-state index contributed by atoms with van der Waals surface area (Å²) in [5.41, 5.74) is -1.59. The quantitative estimate of drug-likeness (QED) is 0.251. The number of hydrogen-bond donors (Lipinski definition) is 0. The van der Waals surface area contributed by atoms with E-state index in [1.807, 2.05) is 4.90 Å². The van der Waals surface area contributed by atoms with Gasteiger partial charge in [-0.05, 0) is 29.8 Å². The summed E-state index contributed by atoms with van der Waals surface area (Å²) < 4.78 is 58.4. The van der Waals surface area contributed by atoms with Gasteiger partial charge in [-0.2, -0.15) is 18.2 Å². The molecule has 0 N–H and O–H groups in total. The molecule has 44 heavy (non-hydrogen) atoms. The zero-order valence-electron chi connectivity index (χ0n) is 23.7. The smallest absolute Gasteiger partial charge is 0.340 e. The molecule has 2 aliphatic heterocycles. The summed E-state index contributed by atoms with van der Waals surface area (Å²) in [4.78, 5) is 61.0. The van der Waals surface area contributed by atoms with Gasteiger partial charge in [0.25, 0.3) is 11.5 Å². The number of nitrogens with zero attached hydrogens (tertiary/aromatic N) is 7. The Bertz CT molecular complexity index is 1900. The van der Waals surface area contributed by atoms with Gasteiger partial charge in [0.05, 0.1) is 30.3 Å². The standard InChI is InChI=1S/C29H27F4N7O4/c1-35-24-23(26(43)36(2)28(35)44)39(16-17-7-9-18(30)10-8-17)27(34-24)38-13-11-37(12-14-38)21-15-22(41)40(25(21)42)20-6-4-3-5-19(20)29(31,32)33/h3-10,21H,11-16H2,1-2H3. The van der Waals surface area contributed by atoms with Gasteiger partial charge >= 0.3 is 11.9 Å². The van der Waals surface area contributed by atoms with E-state index in [1.165, 1.54) is 42.9 Å². The SMILES string of the molecule is Cn1c(=O)c2c(nc(N3CCN(C4CC(=O)N(c5ccccc5C(F)(F)F)C4=O)CC3)n2Cc2ccc(F)cc2)n(C)c1=O. The molecule has 1 atom stereocenters. The van der Waals surface area contributed by atoms with E-state index in [9.17, 15) is 36.7 Å². The summed E-state index contributed by atoms with van der Waals surface area (Å²) in [5, 5.41) is 0. The molecule has 2 saturated heterocycles. The van der Waals surface area contributed by atoms with Crippen LogP contribution in [0, 0.1) is 5.82 Å². The maximum atomic E-state index is 13.6. The molecule has 2 amide bonds. The van der Waals surface area contributed by atoms with Crippen LogP contribution in [0.5, 0.6) is 0 Å². The van der Waals surface area contributed by atoms with E-state index in [4.69, 9.17) is 0 Å². The Balaban J connectivity index is 1.28. The van der Waals surface area contributed by atoms with Gasteiger partial charge in [-0.1, -0.05) is 24.3 Å². The lowest BCUT2D eigenvalue weighted by molar-refractivity contribution is -0.137. The van der Waals surface area contributed by atoms with Crippen LogP contribution in [0.25, 0.3) is 11.2 Å². The molecule has 0 aliphatic carbocycles. The lowest BCUT2D eigenvalue weighted by Crippen LogP contribution is -2.53. The number of benzene rings is 2. The predicted octanol–water partition coefficient (Wildman–Crippen LogP) is 2.09. The van der Waals surface area contributed by atoms with Crippen LogP contribution in [0.1, 0.15) is 17.5 Å². The van der Waals surface area contributed by atoms with Gasteiger partial charge in [-0.15, -0.1) is 0 Å². The number of anilines is 2. The topological polar surface area (TPSA) is 106 Å². The van der Waals surface area contributed by atoms with Crippen LogP contribution >= 0.6 is 0 Å². The van der Waals surface area contributed by atoms with Crippen molar-refractivity contribution in [1.29, 1.82) is 0 Å². The predicted molar refractivity (Wildman–Crippen MR) is 152 cm³/mol. The molecule has 0 radical (unpaired) electrons. The Morgan fingerprint density at radius 3 is 2.20 bits per heavy atom. The maximum absolute atomic E-state index is 13.6. The molecule has 4 heterocycles. The van der Waals surface area contributed by atoms with Gasteiger partial charge in [-0.25, -0.2) is 14.1 Å². The first kappa shape index (κ1) is 29.3. The normalized spacial score (nSPS) is 18.2. The molecule has 4 aromatic rings. The van der Waals surface area contributed by atoms with E-state index in [0.29, 0.717) is 29.5 Å². The Labute approximate surface area is 247 Å². The first-order valence-electron chi connectivity index (χ1n) is 13.8. The van der Waals surface area contributed by atoms with Gasteiger partial charge in [-0.3, -0.25) is 33.0 Å². The number of halogens is 4. The van der Waals surface area contributed by atoms with Crippen molar-refractivity contribution in [3.8, 4) is 0 Å². The number of imidazole rings is 1. The minimum atomic E-state index is -4.75. The second-order valence-corrected chi connectivity index (χ2v) is 10.8. The number of piperazine rings is 1. The van der Waals surface area contributed by atoms with Gasteiger partial charge in [0.1, 0.15) is 5.82 Å². The largest absolute Gasteiger partial charge is 0.418 e. The Kier molecular flexibility index (Phi) is 7.14. The number of alkyl halides is 3. The van der Waals surface area contributed by atoms with Crippen LogP contribution in [0.4, 0.5) is 29.2 Å². The van der Waals surface area contributed by atoms with Crippen LogP contribution in [0.2, 0.25) is 0 Å². The van der Waals surface area contributed by atoms with Crippen molar-refractivity contribution in [3.63, 3.8) is 0 Å². The molecule has 1 unspecified atom stereocenters. The average Bonchev–Trinajstić information content (AvgIpc) is 3.52. The van der Waals surface area contributed by atoms with Crippen molar-refractivity contribution < 1.29 is 27.2 Å². The first-order valence-corrected chi connectivity index (χ1v) is 13.8. The van der Waals surface area contributed by atoms with E-state index in [0.717, 1.165) is 16.7 Å². The minimum Gasteiger partial charge on any atom is -0.340 e. The Morgan fingerprint density at radius 1 is 0.886 bits per heavy atom. The van der Waals surface area contributed by atoms with Crippen molar-refractivity contribution >= 4 is 34.6 Å². The molecule has 230 valence electrons. The molecule has 15 heteroatoms. The molecule has 6 rings (SSSR count). The average molecular weight is 614 g/mol. The number of carbonyl (C=O) groups is 2. The molecule has 2 aromatic carbocycles. The number of hydrogen-bond acceptors (Lipinski definition) is 7. The molecule has 0 saturated carbocycles. The van der Waals surface area contributed by atoms with Gasteiger partial charge in [0, 0.05) is 40.3 Å². The number of fused-ring (bicyclic) bond motifs is 1. The molecule has 0 spiro atoms. The Hall–Kier alpha value is -4.79. The summed E-state index contributed by atoms with van der Waals surface area (Å²) >= 11 is 0. The van der Waals surface area contributed by atoms with E-state index in [2.05, 4.69) is 4.98 Å². The summed E-state index contributed by atoms with van der Waals surface area (Å²) in [6.45, 7) is 1.31. The van der Waals surface area contributed by atoms with Gasteiger partial charge in [0.15, 0.2) is 11.2 Å². The van der Waals surface area contributed by atoms with Crippen LogP contribution in [0.3, 0.4) is 0 Å². The second-order valence-electron chi connectivity index (χ2n) is 10.8. The number of imide groups is 1. The third kappa shape index (κ3) is 4.86. The van der Waals surface area contributed by atoms with Crippen LogP contribution < -0.4 is 21.0 Å². The van der Waals surface area contributed by atoms with E-state index < -0.39 is 52.3 Å². The highest BCUT2D eigenvalue weighted by molar-refractivity contribution is 6.22. The van der Waals surface area contributed by atoms with E-state index >= 15 is 0 Å². The zero-order valence-corrected chi connectivity index (χ0v) is 23.7. The molecular formula is C29H27F4N7O4. The van der Waals surface area contributed by atoms with Crippen molar-refractivity contribution in [3.05, 3.63) is 86.3 Å². The summed E-state index contributed by atoms with van der Waals surface area (Å²) in [5.74, 6) is -1.46. The monoisotopic (exact) mass is 613 g/mol. The Morgan fingerprint density at radius 2 is 1.55 bits per heavy atom. The van der Waals surface area contributed by atoms with Crippen molar-refractivity contribution in [2.75, 3.05) is 36.0 Å². The van der Waals surface area contributed by atoms with Gasteiger partial charge in [0.2, 0.25) is 11.9 Å². The molecule has 0 bridgehead atoms. The van der Waals surface area contributed by atoms with Crippen molar-refractivity contribution in [2.24, 2.45) is 14.1 Å². The number of carbonyl (C=O) groups excluding carboxylic acids is 2.